The lowest BCUT2D eigenvalue weighted by Crippen LogP contribution is -2.37. The normalized spacial score (nSPS) is 19.4. The summed E-state index contributed by atoms with van der Waals surface area (Å²) in [7, 11) is 0. The van der Waals surface area contributed by atoms with Crippen molar-refractivity contribution in [1.82, 2.24) is 24.9 Å². The standard InChI is InChI=1S/C27H35FN8O3/c1-27(2,3)15-31-26(38)39-18-8-6-17(7-9-18)33-23-12-21(32-16-4-5-16)24-30-14-22(36(24)35-23)25(37)34-20-10-11-29-13-19(20)28/h10-14,16-18,32H,4-9,15H2,1-3H3,(H,31,38)(H,33,35)(H,29,34,37). The van der Waals surface area contributed by atoms with Crippen molar-refractivity contribution >= 4 is 34.8 Å². The molecule has 0 unspecified atom stereocenters. The van der Waals surface area contributed by atoms with Gasteiger partial charge < -0.3 is 26.0 Å². The van der Waals surface area contributed by atoms with Crippen LogP contribution in [0.15, 0.2) is 30.7 Å². The molecular weight excluding hydrogens is 503 g/mol. The number of halogens is 1. The van der Waals surface area contributed by atoms with E-state index in [4.69, 9.17) is 4.74 Å². The second kappa shape index (κ2) is 11.0. The highest BCUT2D eigenvalue weighted by atomic mass is 19.1. The van der Waals surface area contributed by atoms with Crippen molar-refractivity contribution < 1.29 is 18.7 Å². The van der Waals surface area contributed by atoms with Gasteiger partial charge in [0.05, 0.1) is 23.8 Å². The molecule has 39 heavy (non-hydrogen) atoms. The summed E-state index contributed by atoms with van der Waals surface area (Å²) >= 11 is 0. The minimum atomic E-state index is -0.627. The van der Waals surface area contributed by atoms with Crippen LogP contribution in [0.5, 0.6) is 0 Å². The average molecular weight is 539 g/mol. The van der Waals surface area contributed by atoms with E-state index in [0.29, 0.717) is 24.1 Å². The third kappa shape index (κ3) is 6.92. The minimum absolute atomic E-state index is 0.00703. The van der Waals surface area contributed by atoms with Gasteiger partial charge in [0.25, 0.3) is 5.91 Å². The van der Waals surface area contributed by atoms with Crippen LogP contribution in [0.3, 0.4) is 0 Å². The zero-order valence-corrected chi connectivity index (χ0v) is 22.5. The van der Waals surface area contributed by atoms with Gasteiger partial charge in [-0.25, -0.2) is 18.7 Å². The first kappa shape index (κ1) is 26.6. The van der Waals surface area contributed by atoms with Crippen LogP contribution in [-0.4, -0.2) is 56.3 Å². The number of fused-ring (bicyclic) bond motifs is 1. The summed E-state index contributed by atoms with van der Waals surface area (Å²) < 4.78 is 21.2. The molecule has 2 saturated carbocycles. The molecule has 0 saturated heterocycles. The van der Waals surface area contributed by atoms with Gasteiger partial charge >= 0.3 is 6.09 Å². The fraction of sp³-hybridized carbons (Fsp3) is 0.519. The van der Waals surface area contributed by atoms with Crippen molar-refractivity contribution in [2.75, 3.05) is 22.5 Å². The lowest BCUT2D eigenvalue weighted by atomic mass is 9.93. The second-order valence-electron chi connectivity index (χ2n) is 11.5. The first-order chi connectivity index (χ1) is 18.6. The van der Waals surface area contributed by atoms with Gasteiger partial charge in [0.2, 0.25) is 0 Å². The molecule has 0 spiro atoms. The maximum atomic E-state index is 14.1. The Kier molecular flexibility index (Phi) is 7.53. The largest absolute Gasteiger partial charge is 0.446 e. The lowest BCUT2D eigenvalue weighted by Gasteiger charge is -2.29. The topological polar surface area (TPSA) is 135 Å². The molecule has 0 radical (unpaired) electrons. The second-order valence-corrected chi connectivity index (χ2v) is 11.5. The number of amides is 2. The summed E-state index contributed by atoms with van der Waals surface area (Å²) in [5, 5.41) is 17.0. The van der Waals surface area contributed by atoms with Crippen LogP contribution < -0.4 is 21.3 Å². The van der Waals surface area contributed by atoms with Gasteiger partial charge in [0, 0.05) is 30.9 Å². The number of hydrogen-bond acceptors (Lipinski definition) is 8. The van der Waals surface area contributed by atoms with Crippen molar-refractivity contribution in [3.8, 4) is 0 Å². The SMILES string of the molecule is CC(C)(C)CNC(=O)OC1CCC(Nc2cc(NC3CC3)c3ncc(C(=O)Nc4ccncc4F)n3n2)CC1. The predicted molar refractivity (Wildman–Crippen MR) is 145 cm³/mol. The fourth-order valence-corrected chi connectivity index (χ4v) is 4.48. The summed E-state index contributed by atoms with van der Waals surface area (Å²) in [6.07, 6.45) is 8.63. The zero-order chi connectivity index (χ0) is 27.6. The molecule has 0 bridgehead atoms. The van der Waals surface area contributed by atoms with Crippen LogP contribution in [0.1, 0.15) is 69.8 Å². The van der Waals surface area contributed by atoms with E-state index in [2.05, 4.69) is 57.1 Å². The maximum absolute atomic E-state index is 14.1. The number of nitrogens with one attached hydrogen (secondary N) is 4. The van der Waals surface area contributed by atoms with Crippen LogP contribution in [0, 0.1) is 11.2 Å². The Morgan fingerprint density at radius 3 is 2.46 bits per heavy atom. The number of hydrogen-bond donors (Lipinski definition) is 4. The highest BCUT2D eigenvalue weighted by Crippen LogP contribution is 2.30. The van der Waals surface area contributed by atoms with E-state index in [-0.39, 0.29) is 35.0 Å². The monoisotopic (exact) mass is 538 g/mol. The molecule has 12 heteroatoms. The number of alkyl carbamates (subject to hydrolysis) is 1. The molecule has 3 heterocycles. The van der Waals surface area contributed by atoms with Crippen LogP contribution in [0.2, 0.25) is 0 Å². The average Bonchev–Trinajstić information content (AvgIpc) is 3.60. The zero-order valence-electron chi connectivity index (χ0n) is 22.5. The molecule has 5 rings (SSSR count). The van der Waals surface area contributed by atoms with E-state index in [9.17, 15) is 14.0 Å². The molecule has 0 atom stereocenters. The molecule has 0 aliphatic heterocycles. The Balaban J connectivity index is 1.27. The van der Waals surface area contributed by atoms with Gasteiger partial charge in [-0.2, -0.15) is 0 Å². The number of carbonyl (C=O) groups is 2. The number of imidazole rings is 1. The number of carbonyl (C=O) groups excluding carboxylic acids is 2. The number of ether oxygens (including phenoxy) is 1. The number of aromatic nitrogens is 4. The van der Waals surface area contributed by atoms with Crippen LogP contribution >= 0.6 is 0 Å². The molecule has 208 valence electrons. The molecule has 3 aromatic heterocycles. The van der Waals surface area contributed by atoms with Gasteiger partial charge in [-0.05, 0) is 50.0 Å². The third-order valence-corrected chi connectivity index (χ3v) is 6.72. The molecule has 3 aromatic rings. The quantitative estimate of drug-likeness (QED) is 0.327. The number of nitrogens with zero attached hydrogens (tertiary/aromatic N) is 4. The Bertz CT molecular complexity index is 1340. The van der Waals surface area contributed by atoms with E-state index in [1.54, 1.807) is 0 Å². The summed E-state index contributed by atoms with van der Waals surface area (Å²) in [6.45, 7) is 6.73. The third-order valence-electron chi connectivity index (χ3n) is 6.72. The van der Waals surface area contributed by atoms with Crippen molar-refractivity contribution in [1.29, 1.82) is 0 Å². The van der Waals surface area contributed by atoms with Gasteiger partial charge in [-0.15, -0.1) is 5.10 Å². The maximum Gasteiger partial charge on any atom is 0.407 e. The van der Waals surface area contributed by atoms with E-state index in [1.807, 2.05) is 6.07 Å². The highest BCUT2D eigenvalue weighted by Gasteiger charge is 2.27. The Labute approximate surface area is 226 Å². The molecule has 11 nitrogen and oxygen atoms in total. The molecule has 0 aromatic carbocycles. The van der Waals surface area contributed by atoms with Gasteiger partial charge in [0.15, 0.2) is 17.2 Å². The first-order valence-electron chi connectivity index (χ1n) is 13.4. The van der Waals surface area contributed by atoms with E-state index in [1.165, 1.54) is 23.0 Å². The van der Waals surface area contributed by atoms with Crippen molar-refractivity contribution in [2.24, 2.45) is 5.41 Å². The number of anilines is 3. The van der Waals surface area contributed by atoms with Gasteiger partial charge in [-0.1, -0.05) is 20.8 Å². The molecule has 2 aliphatic carbocycles. The highest BCUT2D eigenvalue weighted by molar-refractivity contribution is 6.03. The van der Waals surface area contributed by atoms with E-state index >= 15 is 0 Å². The fourth-order valence-electron chi connectivity index (χ4n) is 4.48. The molecule has 4 N–H and O–H groups in total. The summed E-state index contributed by atoms with van der Waals surface area (Å²) in [4.78, 5) is 33.3. The molecule has 2 fully saturated rings. The predicted octanol–water partition coefficient (Wildman–Crippen LogP) is 4.59. The smallest absolute Gasteiger partial charge is 0.407 e. The van der Waals surface area contributed by atoms with Gasteiger partial charge in [-0.3, -0.25) is 9.78 Å². The van der Waals surface area contributed by atoms with Crippen molar-refractivity contribution in [3.63, 3.8) is 0 Å². The van der Waals surface area contributed by atoms with Crippen LogP contribution in [-0.2, 0) is 4.74 Å². The number of pyridine rings is 1. The Morgan fingerprint density at radius 1 is 1.05 bits per heavy atom. The van der Waals surface area contributed by atoms with Gasteiger partial charge in [0.1, 0.15) is 11.9 Å². The van der Waals surface area contributed by atoms with Crippen LogP contribution in [0.25, 0.3) is 5.65 Å². The number of rotatable bonds is 8. The molecular formula is C27H35FN8O3. The summed E-state index contributed by atoms with van der Waals surface area (Å²) in [5.41, 5.74) is 1.50. The summed E-state index contributed by atoms with van der Waals surface area (Å²) in [6, 6.07) is 3.80. The van der Waals surface area contributed by atoms with E-state index in [0.717, 1.165) is 50.4 Å². The minimum Gasteiger partial charge on any atom is -0.446 e. The Hall–Kier alpha value is -3.96. The van der Waals surface area contributed by atoms with Crippen LogP contribution in [0.4, 0.5) is 26.4 Å². The Morgan fingerprint density at radius 2 is 1.77 bits per heavy atom. The molecule has 2 amide bonds. The first-order valence-corrected chi connectivity index (χ1v) is 13.4. The molecule has 2 aliphatic rings. The van der Waals surface area contributed by atoms with Crippen molar-refractivity contribution in [2.45, 2.75) is 77.5 Å². The summed E-state index contributed by atoms with van der Waals surface area (Å²) in [5.74, 6) is -0.561. The van der Waals surface area contributed by atoms with E-state index < -0.39 is 11.7 Å². The van der Waals surface area contributed by atoms with Crippen molar-refractivity contribution in [3.05, 3.63) is 42.2 Å². The lowest BCUT2D eigenvalue weighted by molar-refractivity contribution is 0.0712.